The molecule has 23 heavy (non-hydrogen) atoms. The second-order valence-corrected chi connectivity index (χ2v) is 5.15. The van der Waals surface area contributed by atoms with Crippen LogP contribution in [0.1, 0.15) is 0 Å². The maximum atomic E-state index is 12.4. The van der Waals surface area contributed by atoms with Gasteiger partial charge >= 0.3 is 5.97 Å². The third kappa shape index (κ3) is 3.40. The van der Waals surface area contributed by atoms with E-state index >= 15 is 0 Å². The molecule has 0 spiro atoms. The molecular formula is C15H17ClN2O5. The number of methoxy groups -OCH3 is 2. The van der Waals surface area contributed by atoms with E-state index in [9.17, 15) is 9.59 Å². The van der Waals surface area contributed by atoms with E-state index in [-0.39, 0.29) is 31.0 Å². The Kier molecular flexibility index (Phi) is 5.46. The van der Waals surface area contributed by atoms with Gasteiger partial charge in [-0.05, 0) is 12.1 Å². The molecule has 0 saturated heterocycles. The van der Waals surface area contributed by atoms with Gasteiger partial charge in [-0.1, -0.05) is 17.7 Å². The third-order valence-electron chi connectivity index (χ3n) is 3.38. The molecule has 124 valence electrons. The van der Waals surface area contributed by atoms with Gasteiger partial charge in [0.15, 0.2) is 5.75 Å². The largest absolute Gasteiger partial charge is 0.493 e. The van der Waals surface area contributed by atoms with Gasteiger partial charge in [0, 0.05) is 6.54 Å². The highest BCUT2D eigenvalue weighted by Crippen LogP contribution is 2.34. The molecule has 1 heterocycles. The van der Waals surface area contributed by atoms with E-state index in [1.54, 1.807) is 18.2 Å². The fourth-order valence-electron chi connectivity index (χ4n) is 2.30. The number of hydrogen-bond acceptors (Lipinski definition) is 6. The summed E-state index contributed by atoms with van der Waals surface area (Å²) in [6.07, 6.45) is 0. The number of nitrogens with one attached hydrogen (secondary N) is 1. The molecule has 8 heteroatoms. The number of carbonyl (C=O) groups is 2. The van der Waals surface area contributed by atoms with E-state index in [2.05, 4.69) is 5.32 Å². The first-order valence-corrected chi connectivity index (χ1v) is 7.22. The summed E-state index contributed by atoms with van der Waals surface area (Å²) < 4.78 is 9.94. The van der Waals surface area contributed by atoms with Crippen molar-refractivity contribution in [3.05, 3.63) is 34.5 Å². The van der Waals surface area contributed by atoms with Crippen molar-refractivity contribution in [2.45, 2.75) is 0 Å². The summed E-state index contributed by atoms with van der Waals surface area (Å²) in [5, 5.41) is 12.3. The van der Waals surface area contributed by atoms with Gasteiger partial charge in [-0.15, -0.1) is 0 Å². The lowest BCUT2D eigenvalue weighted by Crippen LogP contribution is -2.31. The monoisotopic (exact) mass is 340 g/mol. The molecule has 1 aliphatic heterocycles. The summed E-state index contributed by atoms with van der Waals surface area (Å²) in [7, 11) is 2.70. The molecule has 2 rings (SSSR count). The van der Waals surface area contributed by atoms with Crippen LogP contribution in [-0.2, 0) is 14.3 Å². The highest BCUT2D eigenvalue weighted by Gasteiger charge is 2.34. The zero-order valence-corrected chi connectivity index (χ0v) is 13.5. The molecule has 1 aromatic carbocycles. The van der Waals surface area contributed by atoms with Gasteiger partial charge in [-0.2, -0.15) is 0 Å². The van der Waals surface area contributed by atoms with Gasteiger partial charge < -0.3 is 24.8 Å². The van der Waals surface area contributed by atoms with E-state index in [0.717, 1.165) is 0 Å². The second-order valence-electron chi connectivity index (χ2n) is 4.74. The summed E-state index contributed by atoms with van der Waals surface area (Å²) in [5.41, 5.74) is 0.731. The maximum absolute atomic E-state index is 12.4. The number of nitrogens with zero attached hydrogens (tertiary/aromatic N) is 1. The van der Waals surface area contributed by atoms with Gasteiger partial charge in [0.25, 0.3) is 5.91 Å². The Morgan fingerprint density at radius 3 is 2.78 bits per heavy atom. The number of para-hydroxylation sites is 1. The summed E-state index contributed by atoms with van der Waals surface area (Å²) in [5.74, 6) is -0.650. The van der Waals surface area contributed by atoms with Crippen molar-refractivity contribution >= 4 is 29.2 Å². The quantitative estimate of drug-likeness (QED) is 0.752. The van der Waals surface area contributed by atoms with E-state index < -0.39 is 11.9 Å². The van der Waals surface area contributed by atoms with Crippen LogP contribution in [-0.4, -0.2) is 55.8 Å². The number of amides is 1. The predicted octanol–water partition coefficient (Wildman–Crippen LogP) is 1.02. The van der Waals surface area contributed by atoms with E-state index in [1.165, 1.54) is 19.1 Å². The van der Waals surface area contributed by atoms with Crippen molar-refractivity contribution in [3.63, 3.8) is 0 Å². The molecule has 0 radical (unpaired) electrons. The number of β-amino-alcohol motifs (C(OH)–C–C–N with tert-alkyl or cyclic N) is 1. The van der Waals surface area contributed by atoms with Gasteiger partial charge in [0.05, 0.1) is 43.7 Å². The SMILES string of the molecule is COC(=O)C1=C(Nc2cccc(Cl)c2OC)C(=O)N(CCO)C1. The van der Waals surface area contributed by atoms with Crippen molar-refractivity contribution in [1.29, 1.82) is 0 Å². The highest BCUT2D eigenvalue weighted by atomic mass is 35.5. The highest BCUT2D eigenvalue weighted by molar-refractivity contribution is 6.32. The first-order valence-electron chi connectivity index (χ1n) is 6.84. The molecule has 0 bridgehead atoms. The second kappa shape index (κ2) is 7.34. The van der Waals surface area contributed by atoms with Gasteiger partial charge in [0.1, 0.15) is 5.70 Å². The van der Waals surface area contributed by atoms with Gasteiger partial charge in [0.2, 0.25) is 0 Å². The van der Waals surface area contributed by atoms with Crippen LogP contribution in [0.15, 0.2) is 29.5 Å². The average Bonchev–Trinajstić information content (AvgIpc) is 2.84. The number of rotatable bonds is 6. The molecule has 0 aromatic heterocycles. The van der Waals surface area contributed by atoms with Crippen molar-refractivity contribution in [1.82, 2.24) is 4.90 Å². The van der Waals surface area contributed by atoms with Crippen molar-refractivity contribution in [2.24, 2.45) is 0 Å². The minimum absolute atomic E-state index is 0.0667. The number of benzene rings is 1. The normalized spacial score (nSPS) is 14.3. The van der Waals surface area contributed by atoms with Crippen molar-refractivity contribution in [2.75, 3.05) is 39.2 Å². The van der Waals surface area contributed by atoms with Crippen LogP contribution in [0.5, 0.6) is 5.75 Å². The summed E-state index contributed by atoms with van der Waals surface area (Å²) in [6.45, 7) is -0.0115. The van der Waals surface area contributed by atoms with Crippen LogP contribution >= 0.6 is 11.6 Å². The average molecular weight is 341 g/mol. The van der Waals surface area contributed by atoms with Crippen LogP contribution in [0.3, 0.4) is 0 Å². The summed E-state index contributed by atoms with van der Waals surface area (Å²) in [4.78, 5) is 25.7. The standard InChI is InChI=1S/C15H17ClN2O5/c1-22-13-10(16)4-3-5-11(13)17-12-9(15(21)23-2)8-18(6-7-19)14(12)20/h3-5,17,19H,6-8H2,1-2H3. The molecule has 1 aromatic rings. The number of hydrogen-bond donors (Lipinski definition) is 2. The van der Waals surface area contributed by atoms with Crippen LogP contribution < -0.4 is 10.1 Å². The number of ether oxygens (including phenoxy) is 2. The number of carbonyl (C=O) groups excluding carboxylic acids is 2. The molecule has 0 fully saturated rings. The van der Waals surface area contributed by atoms with E-state index in [4.69, 9.17) is 26.2 Å². The molecule has 0 aliphatic carbocycles. The summed E-state index contributed by atoms with van der Waals surface area (Å²) >= 11 is 6.05. The lowest BCUT2D eigenvalue weighted by molar-refractivity contribution is -0.136. The first kappa shape index (κ1) is 17.1. The number of anilines is 1. The maximum Gasteiger partial charge on any atom is 0.337 e. The van der Waals surface area contributed by atoms with Gasteiger partial charge in [-0.3, -0.25) is 4.79 Å². The molecule has 1 aliphatic rings. The van der Waals surface area contributed by atoms with Gasteiger partial charge in [-0.25, -0.2) is 4.79 Å². The molecule has 0 atom stereocenters. The Hall–Kier alpha value is -2.25. The smallest absolute Gasteiger partial charge is 0.337 e. The number of aliphatic hydroxyl groups is 1. The fourth-order valence-corrected chi connectivity index (χ4v) is 2.55. The molecule has 1 amide bonds. The molecule has 7 nitrogen and oxygen atoms in total. The predicted molar refractivity (Wildman–Crippen MR) is 84.3 cm³/mol. The Morgan fingerprint density at radius 1 is 1.43 bits per heavy atom. The molecule has 2 N–H and O–H groups in total. The first-order chi connectivity index (χ1) is 11.0. The topological polar surface area (TPSA) is 88.1 Å². The van der Waals surface area contributed by atoms with Crippen LogP contribution in [0.4, 0.5) is 5.69 Å². The number of halogens is 1. The van der Waals surface area contributed by atoms with Crippen LogP contribution in [0.2, 0.25) is 5.02 Å². The molecular weight excluding hydrogens is 324 g/mol. The minimum atomic E-state index is -0.609. The zero-order valence-electron chi connectivity index (χ0n) is 12.8. The lowest BCUT2D eigenvalue weighted by Gasteiger charge is -2.16. The van der Waals surface area contributed by atoms with E-state index in [1.807, 2.05) is 0 Å². The summed E-state index contributed by atoms with van der Waals surface area (Å²) in [6, 6.07) is 5.01. The Balaban J connectivity index is 2.39. The Bertz CT molecular complexity index is 659. The Labute approximate surface area is 138 Å². The van der Waals surface area contributed by atoms with Crippen molar-refractivity contribution < 1.29 is 24.2 Å². The zero-order chi connectivity index (χ0) is 17.0. The number of aliphatic hydroxyl groups excluding tert-OH is 1. The lowest BCUT2D eigenvalue weighted by atomic mass is 10.2. The Morgan fingerprint density at radius 2 is 2.17 bits per heavy atom. The molecule has 0 unspecified atom stereocenters. The number of esters is 1. The minimum Gasteiger partial charge on any atom is -0.493 e. The van der Waals surface area contributed by atoms with E-state index in [0.29, 0.717) is 16.5 Å². The van der Waals surface area contributed by atoms with Crippen LogP contribution in [0, 0.1) is 0 Å². The molecule has 0 saturated carbocycles. The fraction of sp³-hybridized carbons (Fsp3) is 0.333. The van der Waals surface area contributed by atoms with Crippen molar-refractivity contribution in [3.8, 4) is 5.75 Å². The van der Waals surface area contributed by atoms with Crippen LogP contribution in [0.25, 0.3) is 0 Å². The third-order valence-corrected chi connectivity index (χ3v) is 3.68.